The molecule has 4 nitrogen and oxygen atoms in total. The summed E-state index contributed by atoms with van der Waals surface area (Å²) in [5.74, 6) is 2.84. The zero-order valence-corrected chi connectivity index (χ0v) is 22.3. The Hall–Kier alpha value is -2.85. The van der Waals surface area contributed by atoms with Crippen molar-refractivity contribution >= 4 is 16.7 Å². The number of aryl methyl sites for hydroxylation is 2. The fourth-order valence-corrected chi connectivity index (χ4v) is 5.80. The number of hydrogen-bond donors (Lipinski definition) is 0. The van der Waals surface area contributed by atoms with Crippen molar-refractivity contribution in [3.8, 4) is 5.75 Å². The van der Waals surface area contributed by atoms with E-state index in [4.69, 9.17) is 14.1 Å². The molecule has 2 aromatic carbocycles. The van der Waals surface area contributed by atoms with Crippen LogP contribution in [-0.4, -0.2) is 36.9 Å². The molecule has 1 fully saturated rings. The van der Waals surface area contributed by atoms with Gasteiger partial charge in [0, 0.05) is 18.7 Å². The Morgan fingerprint density at radius 1 is 1.03 bits per heavy atom. The molecule has 0 aliphatic carbocycles. The van der Waals surface area contributed by atoms with E-state index in [9.17, 15) is 0 Å². The number of aliphatic imine (C=N–C) groups is 1. The first-order chi connectivity index (χ1) is 17.6. The van der Waals surface area contributed by atoms with Crippen LogP contribution in [0.5, 0.6) is 5.75 Å². The maximum Gasteiger partial charge on any atom is 0.150 e. The first-order valence-corrected chi connectivity index (χ1v) is 13.8. The highest BCUT2D eigenvalue weighted by atomic mass is 16.5. The molecule has 1 unspecified atom stereocenters. The van der Waals surface area contributed by atoms with Gasteiger partial charge in [0.05, 0.1) is 17.7 Å². The Morgan fingerprint density at radius 3 is 2.61 bits per heavy atom. The van der Waals surface area contributed by atoms with Crippen molar-refractivity contribution in [2.45, 2.75) is 65.7 Å². The van der Waals surface area contributed by atoms with Gasteiger partial charge in [0.25, 0.3) is 0 Å². The minimum Gasteiger partial charge on any atom is -0.493 e. The van der Waals surface area contributed by atoms with E-state index in [-0.39, 0.29) is 0 Å². The predicted octanol–water partition coefficient (Wildman–Crippen LogP) is 7.82. The average Bonchev–Trinajstić information content (AvgIpc) is 3.52. The van der Waals surface area contributed by atoms with Crippen LogP contribution in [0.1, 0.15) is 74.3 Å². The molecule has 1 saturated heterocycles. The lowest BCUT2D eigenvalue weighted by molar-refractivity contribution is 0.193. The van der Waals surface area contributed by atoms with Crippen LogP contribution in [0.25, 0.3) is 11.0 Å². The highest BCUT2D eigenvalue weighted by Crippen LogP contribution is 2.35. The van der Waals surface area contributed by atoms with Crippen LogP contribution in [0.4, 0.5) is 0 Å². The van der Waals surface area contributed by atoms with E-state index in [2.05, 4.69) is 62.9 Å². The van der Waals surface area contributed by atoms with E-state index in [1.54, 1.807) is 0 Å². The van der Waals surface area contributed by atoms with Gasteiger partial charge in [0.15, 0.2) is 0 Å². The summed E-state index contributed by atoms with van der Waals surface area (Å²) in [6, 6.07) is 15.2. The lowest BCUT2D eigenvalue weighted by atomic mass is 9.88. The number of rotatable bonds is 9. The van der Waals surface area contributed by atoms with Crippen LogP contribution >= 0.6 is 0 Å². The zero-order chi connectivity index (χ0) is 25.1. The molecule has 190 valence electrons. The molecule has 0 bridgehead atoms. The number of allylic oxidation sites excluding steroid dienone is 1. The number of furan rings is 1. The van der Waals surface area contributed by atoms with E-state index in [1.165, 1.54) is 48.2 Å². The van der Waals surface area contributed by atoms with Gasteiger partial charge >= 0.3 is 0 Å². The van der Waals surface area contributed by atoms with Crippen molar-refractivity contribution in [1.82, 2.24) is 4.90 Å². The normalized spacial score (nSPS) is 19.1. The van der Waals surface area contributed by atoms with Gasteiger partial charge < -0.3 is 14.1 Å². The van der Waals surface area contributed by atoms with Gasteiger partial charge in [-0.15, -0.1) is 0 Å². The summed E-state index contributed by atoms with van der Waals surface area (Å²) < 4.78 is 12.5. The van der Waals surface area contributed by atoms with Gasteiger partial charge in [-0.25, -0.2) is 0 Å². The van der Waals surface area contributed by atoms with E-state index in [1.807, 2.05) is 18.3 Å². The third kappa shape index (κ3) is 5.15. The van der Waals surface area contributed by atoms with Gasteiger partial charge in [-0.2, -0.15) is 0 Å². The van der Waals surface area contributed by atoms with E-state index in [0.717, 1.165) is 60.6 Å². The maximum absolute atomic E-state index is 6.26. The minimum absolute atomic E-state index is 0.360. The molecule has 36 heavy (non-hydrogen) atoms. The molecular weight excluding hydrogens is 444 g/mol. The van der Waals surface area contributed by atoms with Gasteiger partial charge in [-0.05, 0) is 105 Å². The van der Waals surface area contributed by atoms with Crippen molar-refractivity contribution in [2.75, 3.05) is 26.2 Å². The Bertz CT molecular complexity index is 1260. The lowest BCUT2D eigenvalue weighted by Crippen LogP contribution is -2.34. The Balaban J connectivity index is 1.13. The molecule has 3 aromatic rings. The fraction of sp³-hybridized carbons (Fsp3) is 0.469. The second-order valence-electron chi connectivity index (χ2n) is 10.5. The van der Waals surface area contributed by atoms with Crippen LogP contribution in [0.3, 0.4) is 0 Å². The van der Waals surface area contributed by atoms with Gasteiger partial charge in [-0.3, -0.25) is 4.99 Å². The van der Waals surface area contributed by atoms with Gasteiger partial charge in [0.1, 0.15) is 17.1 Å². The molecular formula is C32H40N2O2. The third-order valence-corrected chi connectivity index (χ3v) is 8.20. The van der Waals surface area contributed by atoms with Gasteiger partial charge in [-0.1, -0.05) is 38.1 Å². The van der Waals surface area contributed by atoms with Crippen molar-refractivity contribution in [3.05, 3.63) is 76.7 Å². The number of piperidine rings is 1. The summed E-state index contributed by atoms with van der Waals surface area (Å²) >= 11 is 0. The monoisotopic (exact) mass is 484 g/mol. The minimum atomic E-state index is 0.360. The van der Waals surface area contributed by atoms with E-state index in [0.29, 0.717) is 11.8 Å². The highest BCUT2D eigenvalue weighted by molar-refractivity contribution is 6.06. The smallest absolute Gasteiger partial charge is 0.150 e. The topological polar surface area (TPSA) is 38.0 Å². The molecule has 0 saturated carbocycles. The summed E-state index contributed by atoms with van der Waals surface area (Å²) in [5, 5.41) is 1.05. The summed E-state index contributed by atoms with van der Waals surface area (Å²) in [6.07, 6.45) is 7.63. The molecule has 3 heterocycles. The number of ether oxygens (including phenoxy) is 1. The van der Waals surface area contributed by atoms with Crippen LogP contribution in [0.2, 0.25) is 0 Å². The Labute approximate surface area is 216 Å². The standard InChI is InChI=1S/C32H40N2O2/c1-5-24-21-33-32(27(24)6-2)31-20-28-29(9-7-10-30(28)36-31)35-18-8-15-34-16-13-25(14-17-34)26-12-11-22(3)23(4)19-26/h7,9-12,19-21,25,27H,5-6,8,13-18H2,1-4H3. The van der Waals surface area contributed by atoms with E-state index >= 15 is 0 Å². The maximum atomic E-state index is 6.26. The SMILES string of the molecule is CCC1=CN=C(c2cc3c(OCCCN4CCC(c5ccc(C)c(C)c5)CC4)cccc3o2)C1CC. The summed E-state index contributed by atoms with van der Waals surface area (Å²) in [6.45, 7) is 13.0. The van der Waals surface area contributed by atoms with Crippen molar-refractivity contribution < 1.29 is 9.15 Å². The fourth-order valence-electron chi connectivity index (χ4n) is 5.80. The lowest BCUT2D eigenvalue weighted by Gasteiger charge is -2.32. The van der Waals surface area contributed by atoms with Crippen LogP contribution in [-0.2, 0) is 0 Å². The van der Waals surface area contributed by atoms with Crippen LogP contribution < -0.4 is 4.74 Å². The number of nitrogens with zero attached hydrogens (tertiary/aromatic N) is 2. The molecule has 5 rings (SSSR count). The van der Waals surface area contributed by atoms with Crippen molar-refractivity contribution in [3.63, 3.8) is 0 Å². The number of hydrogen-bond acceptors (Lipinski definition) is 4. The molecule has 1 aromatic heterocycles. The average molecular weight is 485 g/mol. The second kappa shape index (κ2) is 11.0. The number of likely N-dealkylation sites (tertiary alicyclic amines) is 1. The molecule has 2 aliphatic rings. The number of benzene rings is 2. The van der Waals surface area contributed by atoms with Crippen LogP contribution in [0, 0.1) is 19.8 Å². The molecule has 0 amide bonds. The van der Waals surface area contributed by atoms with E-state index < -0.39 is 0 Å². The number of fused-ring (bicyclic) bond motifs is 1. The molecule has 1 atom stereocenters. The largest absolute Gasteiger partial charge is 0.493 e. The second-order valence-corrected chi connectivity index (χ2v) is 10.5. The summed E-state index contributed by atoms with van der Waals surface area (Å²) in [7, 11) is 0. The van der Waals surface area contributed by atoms with Crippen molar-refractivity contribution in [2.24, 2.45) is 10.9 Å². The zero-order valence-electron chi connectivity index (χ0n) is 22.3. The molecule has 0 radical (unpaired) electrons. The first-order valence-electron chi connectivity index (χ1n) is 13.8. The third-order valence-electron chi connectivity index (χ3n) is 8.20. The molecule has 0 spiro atoms. The first kappa shape index (κ1) is 24.8. The van der Waals surface area contributed by atoms with Gasteiger partial charge in [0.2, 0.25) is 0 Å². The quantitative estimate of drug-likeness (QED) is 0.291. The molecule has 4 heteroatoms. The summed E-state index contributed by atoms with van der Waals surface area (Å²) in [4.78, 5) is 7.31. The Kier molecular flexibility index (Phi) is 7.62. The predicted molar refractivity (Wildman–Crippen MR) is 149 cm³/mol. The van der Waals surface area contributed by atoms with Crippen molar-refractivity contribution in [1.29, 1.82) is 0 Å². The summed E-state index contributed by atoms with van der Waals surface area (Å²) in [5.41, 5.74) is 7.64. The molecule has 0 N–H and O–H groups in total. The molecule has 2 aliphatic heterocycles. The highest BCUT2D eigenvalue weighted by Gasteiger charge is 2.26. The Morgan fingerprint density at radius 2 is 1.86 bits per heavy atom. The van der Waals surface area contributed by atoms with Crippen LogP contribution in [0.15, 0.2) is 63.6 Å².